The number of Topliss-reactive ketones (excluding diaryl/α,β-unsaturated/α-hetero) is 1. The number of rotatable bonds is 13. The van der Waals surface area contributed by atoms with Gasteiger partial charge in [-0.1, -0.05) is 24.3 Å². The molecule has 0 unspecified atom stereocenters. The minimum Gasteiger partial charge on any atom is -0.494 e. The Balaban J connectivity index is 1.50. The molecule has 4 aromatic rings. The molecule has 0 radical (unpaired) electrons. The van der Waals surface area contributed by atoms with Crippen molar-refractivity contribution < 1.29 is 14.3 Å². The van der Waals surface area contributed by atoms with E-state index in [0.717, 1.165) is 23.2 Å². The number of ether oxygens (including phenoxy) is 1. The fourth-order valence-corrected chi connectivity index (χ4v) is 4.89. The van der Waals surface area contributed by atoms with Crippen LogP contribution in [-0.4, -0.2) is 72.5 Å². The van der Waals surface area contributed by atoms with Crippen molar-refractivity contribution >= 4 is 45.6 Å². The number of hydrogen-bond acceptors (Lipinski definition) is 8. The molecular weight excluding hydrogens is 530 g/mol. The average Bonchev–Trinajstić information content (AvgIpc) is 3.76. The standard InChI is InChI=1S/C32H37N7O3/c1-6-9-29(40)31(41)34-25-18-26(30(42-5)19-28(25)38(4)17-16-37(2)3)36-32-33-15-14-24(35-32)23-20-39(21-12-13-21)27-11-8-7-10-22(23)27/h6-8,10-11,14-15,18-21H,1,9,12-13,16-17H2,2-5H3,(H,34,41)(H,33,35,36). The van der Waals surface area contributed by atoms with Gasteiger partial charge < -0.3 is 29.7 Å². The van der Waals surface area contributed by atoms with E-state index < -0.39 is 11.7 Å². The predicted molar refractivity (Wildman–Crippen MR) is 168 cm³/mol. The molecule has 0 bridgehead atoms. The summed E-state index contributed by atoms with van der Waals surface area (Å²) in [4.78, 5) is 38.4. The van der Waals surface area contributed by atoms with Crippen LogP contribution >= 0.6 is 0 Å². The summed E-state index contributed by atoms with van der Waals surface area (Å²) in [5.74, 6) is -0.364. The maximum atomic E-state index is 12.7. The Morgan fingerprint density at radius 3 is 2.62 bits per heavy atom. The van der Waals surface area contributed by atoms with Gasteiger partial charge in [0.1, 0.15) is 5.75 Å². The molecule has 1 saturated carbocycles. The zero-order valence-corrected chi connectivity index (χ0v) is 24.6. The Bertz CT molecular complexity index is 1620. The van der Waals surface area contributed by atoms with Gasteiger partial charge in [-0.2, -0.15) is 0 Å². The van der Waals surface area contributed by atoms with Crippen molar-refractivity contribution in [2.75, 3.05) is 56.9 Å². The third-order valence-electron chi connectivity index (χ3n) is 7.30. The van der Waals surface area contributed by atoms with E-state index >= 15 is 0 Å². The lowest BCUT2D eigenvalue weighted by Gasteiger charge is -2.26. The summed E-state index contributed by atoms with van der Waals surface area (Å²) in [6.45, 7) is 5.04. The Labute approximate surface area is 246 Å². The molecule has 1 fully saturated rings. The third kappa shape index (κ3) is 6.28. The quantitative estimate of drug-likeness (QED) is 0.166. The minimum absolute atomic E-state index is 0.0450. The van der Waals surface area contributed by atoms with Crippen LogP contribution in [0.15, 0.2) is 67.5 Å². The van der Waals surface area contributed by atoms with Gasteiger partial charge in [-0.3, -0.25) is 9.59 Å². The average molecular weight is 568 g/mol. The molecule has 2 aromatic carbocycles. The number of hydrogen-bond donors (Lipinski definition) is 2. The lowest BCUT2D eigenvalue weighted by molar-refractivity contribution is -0.134. The second-order valence-corrected chi connectivity index (χ2v) is 10.8. The van der Waals surface area contributed by atoms with E-state index in [0.29, 0.717) is 41.3 Å². The largest absolute Gasteiger partial charge is 0.494 e. The number of ketones is 1. The van der Waals surface area contributed by atoms with Gasteiger partial charge in [-0.15, -0.1) is 6.58 Å². The summed E-state index contributed by atoms with van der Waals surface area (Å²) in [5, 5.41) is 7.21. The summed E-state index contributed by atoms with van der Waals surface area (Å²) < 4.78 is 8.08. The van der Waals surface area contributed by atoms with E-state index in [1.165, 1.54) is 24.4 Å². The summed E-state index contributed by atoms with van der Waals surface area (Å²) >= 11 is 0. The summed E-state index contributed by atoms with van der Waals surface area (Å²) in [6.07, 6.45) is 7.65. The lowest BCUT2D eigenvalue weighted by Crippen LogP contribution is -2.30. The van der Waals surface area contributed by atoms with E-state index in [9.17, 15) is 9.59 Å². The lowest BCUT2D eigenvalue weighted by atomic mass is 10.1. The van der Waals surface area contributed by atoms with Crippen LogP contribution in [0.1, 0.15) is 25.3 Å². The number of likely N-dealkylation sites (N-methyl/N-ethyl adjacent to an activating group) is 2. The van der Waals surface area contributed by atoms with Gasteiger partial charge in [0.05, 0.1) is 29.9 Å². The Hall–Kier alpha value is -4.70. The highest BCUT2D eigenvalue weighted by atomic mass is 16.5. The fraction of sp³-hybridized carbons (Fsp3) is 0.312. The van der Waals surface area contributed by atoms with Crippen LogP contribution in [0.5, 0.6) is 5.75 Å². The number of benzene rings is 2. The van der Waals surface area contributed by atoms with Gasteiger partial charge >= 0.3 is 0 Å². The Morgan fingerprint density at radius 2 is 1.90 bits per heavy atom. The molecule has 0 saturated heterocycles. The van der Waals surface area contributed by atoms with Crippen LogP contribution in [0.25, 0.3) is 22.2 Å². The second-order valence-electron chi connectivity index (χ2n) is 10.8. The molecule has 5 rings (SSSR count). The number of carbonyl (C=O) groups is 2. The van der Waals surface area contributed by atoms with Crippen molar-refractivity contribution in [3.63, 3.8) is 0 Å². The van der Waals surface area contributed by atoms with Crippen molar-refractivity contribution in [2.45, 2.75) is 25.3 Å². The molecule has 10 nitrogen and oxygen atoms in total. The highest BCUT2D eigenvalue weighted by molar-refractivity contribution is 6.41. The van der Waals surface area contributed by atoms with Crippen LogP contribution < -0.4 is 20.3 Å². The molecule has 0 spiro atoms. The summed E-state index contributed by atoms with van der Waals surface area (Å²) in [6, 6.07) is 14.4. The molecular formula is C32H37N7O3. The molecule has 0 atom stereocenters. The van der Waals surface area contributed by atoms with Gasteiger partial charge in [-0.05, 0) is 45.1 Å². The van der Waals surface area contributed by atoms with E-state index in [1.54, 1.807) is 19.4 Å². The predicted octanol–water partition coefficient (Wildman–Crippen LogP) is 5.27. The van der Waals surface area contributed by atoms with E-state index in [2.05, 4.69) is 56.1 Å². The van der Waals surface area contributed by atoms with Crippen molar-refractivity contribution in [3.8, 4) is 17.0 Å². The number of nitrogens with zero attached hydrogens (tertiary/aromatic N) is 5. The van der Waals surface area contributed by atoms with Crippen molar-refractivity contribution in [1.82, 2.24) is 19.4 Å². The zero-order valence-electron chi connectivity index (χ0n) is 24.6. The van der Waals surface area contributed by atoms with E-state index in [-0.39, 0.29) is 6.42 Å². The molecule has 42 heavy (non-hydrogen) atoms. The maximum Gasteiger partial charge on any atom is 0.292 e. The van der Waals surface area contributed by atoms with Crippen LogP contribution in [0.2, 0.25) is 0 Å². The van der Waals surface area contributed by atoms with E-state index in [1.807, 2.05) is 44.2 Å². The van der Waals surface area contributed by atoms with Gasteiger partial charge in [-0.25, -0.2) is 9.97 Å². The monoisotopic (exact) mass is 567 g/mol. The molecule has 10 heteroatoms. The first-order valence-electron chi connectivity index (χ1n) is 14.0. The van der Waals surface area contributed by atoms with Gasteiger partial charge in [0.2, 0.25) is 11.7 Å². The van der Waals surface area contributed by atoms with Crippen molar-refractivity contribution in [1.29, 1.82) is 0 Å². The number of carbonyl (C=O) groups excluding carboxylic acids is 2. The highest BCUT2D eigenvalue weighted by Gasteiger charge is 2.26. The number of aromatic nitrogens is 3. The number of allylic oxidation sites excluding steroid dienone is 1. The first-order chi connectivity index (χ1) is 20.3. The molecule has 1 amide bonds. The number of para-hydroxylation sites is 1. The molecule has 1 aliphatic carbocycles. The number of amides is 1. The van der Waals surface area contributed by atoms with Crippen molar-refractivity contribution in [3.05, 3.63) is 67.5 Å². The zero-order chi connectivity index (χ0) is 29.8. The maximum absolute atomic E-state index is 12.7. The smallest absolute Gasteiger partial charge is 0.292 e. The SMILES string of the molecule is C=CCC(=O)C(=O)Nc1cc(Nc2nccc(-c3cn(C4CC4)c4ccccc34)n2)c(OC)cc1N(C)CCN(C)C. The molecule has 2 aromatic heterocycles. The highest BCUT2D eigenvalue weighted by Crippen LogP contribution is 2.41. The summed E-state index contributed by atoms with van der Waals surface area (Å²) in [5.41, 5.74) is 4.76. The van der Waals surface area contributed by atoms with Crippen molar-refractivity contribution in [2.24, 2.45) is 0 Å². The van der Waals surface area contributed by atoms with Gasteiger partial charge in [0.25, 0.3) is 5.91 Å². The first-order valence-corrected chi connectivity index (χ1v) is 14.0. The molecule has 2 N–H and O–H groups in total. The molecule has 1 aliphatic rings. The molecule has 2 heterocycles. The number of fused-ring (bicyclic) bond motifs is 1. The van der Waals surface area contributed by atoms with Crippen LogP contribution in [0.4, 0.5) is 23.0 Å². The topological polar surface area (TPSA) is 105 Å². The number of anilines is 4. The van der Waals surface area contributed by atoms with Crippen LogP contribution in [0, 0.1) is 0 Å². The van der Waals surface area contributed by atoms with Crippen LogP contribution in [0.3, 0.4) is 0 Å². The molecule has 0 aliphatic heterocycles. The summed E-state index contributed by atoms with van der Waals surface area (Å²) in [7, 11) is 7.50. The van der Waals surface area contributed by atoms with Gasteiger partial charge in [0, 0.05) is 67.5 Å². The second kappa shape index (κ2) is 12.4. The first kappa shape index (κ1) is 28.8. The molecule has 218 valence electrons. The van der Waals surface area contributed by atoms with Gasteiger partial charge in [0.15, 0.2) is 0 Å². The van der Waals surface area contributed by atoms with E-state index in [4.69, 9.17) is 9.72 Å². The third-order valence-corrected chi connectivity index (χ3v) is 7.30. The number of nitrogens with one attached hydrogen (secondary N) is 2. The van der Waals surface area contributed by atoms with Crippen LogP contribution in [-0.2, 0) is 9.59 Å². The Kier molecular flexibility index (Phi) is 8.53. The number of methoxy groups -OCH3 is 1. The fourth-order valence-electron chi connectivity index (χ4n) is 4.89. The Morgan fingerprint density at radius 1 is 1.12 bits per heavy atom. The normalized spacial score (nSPS) is 12.8. The minimum atomic E-state index is -0.710.